The first-order chi connectivity index (χ1) is 7.63. The molecule has 0 aliphatic carbocycles. The fourth-order valence-electron chi connectivity index (χ4n) is 1.40. The van der Waals surface area contributed by atoms with E-state index in [0.29, 0.717) is 19.4 Å². The van der Waals surface area contributed by atoms with E-state index in [1.54, 1.807) is 0 Å². The maximum atomic E-state index is 5.77. The van der Waals surface area contributed by atoms with Gasteiger partial charge in [-0.3, -0.25) is 4.98 Å². The van der Waals surface area contributed by atoms with E-state index in [1.165, 1.54) is 0 Å². The first-order valence-corrected chi connectivity index (χ1v) is 5.42. The molecular weight excluding hydrogens is 200 g/mol. The molecule has 16 heavy (non-hydrogen) atoms. The Hall–Kier alpha value is -1.53. The van der Waals surface area contributed by atoms with Crippen molar-refractivity contribution in [2.75, 3.05) is 6.61 Å². The van der Waals surface area contributed by atoms with Crippen molar-refractivity contribution >= 4 is 0 Å². The van der Waals surface area contributed by atoms with Gasteiger partial charge < -0.3 is 10.5 Å². The predicted molar refractivity (Wildman–Crippen MR) is 65.3 cm³/mol. The van der Waals surface area contributed by atoms with Crippen LogP contribution in [-0.4, -0.2) is 17.6 Å². The molecule has 3 nitrogen and oxygen atoms in total. The summed E-state index contributed by atoms with van der Waals surface area (Å²) in [4.78, 5) is 4.44. The zero-order valence-electron chi connectivity index (χ0n) is 9.86. The molecule has 0 aliphatic rings. The van der Waals surface area contributed by atoms with Crippen LogP contribution in [0.2, 0.25) is 0 Å². The highest BCUT2D eigenvalue weighted by Gasteiger charge is 2.08. The number of hydrogen-bond donors (Lipinski definition) is 1. The molecule has 1 aromatic rings. The van der Waals surface area contributed by atoms with Crippen molar-refractivity contribution in [1.82, 2.24) is 4.98 Å². The molecular formula is C13H18N2O. The van der Waals surface area contributed by atoms with Gasteiger partial charge in [-0.2, -0.15) is 0 Å². The number of nitrogens with two attached hydrogens (primary N) is 1. The normalized spacial score (nSPS) is 11.9. The van der Waals surface area contributed by atoms with Crippen molar-refractivity contribution in [3.05, 3.63) is 23.5 Å². The Balaban J connectivity index is 2.77. The molecule has 0 radical (unpaired) electrons. The molecule has 0 aliphatic heterocycles. The van der Waals surface area contributed by atoms with Gasteiger partial charge >= 0.3 is 0 Å². The van der Waals surface area contributed by atoms with Gasteiger partial charge in [0, 0.05) is 24.6 Å². The Morgan fingerprint density at radius 1 is 1.56 bits per heavy atom. The Kier molecular flexibility index (Phi) is 4.81. The van der Waals surface area contributed by atoms with Gasteiger partial charge in [0.25, 0.3) is 0 Å². The number of ether oxygens (including phenoxy) is 1. The molecule has 0 amide bonds. The van der Waals surface area contributed by atoms with E-state index in [4.69, 9.17) is 16.9 Å². The first-order valence-electron chi connectivity index (χ1n) is 5.42. The molecule has 1 unspecified atom stereocenters. The number of nitrogens with zero attached hydrogens (tertiary/aromatic N) is 1. The maximum absolute atomic E-state index is 5.77. The van der Waals surface area contributed by atoms with Crippen LogP contribution in [-0.2, 0) is 6.42 Å². The minimum atomic E-state index is 0.0734. The summed E-state index contributed by atoms with van der Waals surface area (Å²) in [6, 6.07) is 3.93. The average molecular weight is 218 g/mol. The summed E-state index contributed by atoms with van der Waals surface area (Å²) in [5, 5.41) is 0. The molecule has 1 heterocycles. The lowest BCUT2D eigenvalue weighted by molar-refractivity contribution is 0.321. The highest BCUT2D eigenvalue weighted by atomic mass is 16.5. The number of terminal acetylenes is 1. The van der Waals surface area contributed by atoms with Gasteiger partial charge in [-0.25, -0.2) is 0 Å². The summed E-state index contributed by atoms with van der Waals surface area (Å²) >= 11 is 0. The van der Waals surface area contributed by atoms with Crippen LogP contribution in [0.1, 0.15) is 24.7 Å². The van der Waals surface area contributed by atoms with Gasteiger partial charge in [-0.1, -0.05) is 0 Å². The molecule has 0 saturated carbocycles. The van der Waals surface area contributed by atoms with Gasteiger partial charge in [-0.15, -0.1) is 12.3 Å². The van der Waals surface area contributed by atoms with Crippen LogP contribution in [0.25, 0.3) is 0 Å². The average Bonchev–Trinajstić information content (AvgIpc) is 2.20. The second-order valence-corrected chi connectivity index (χ2v) is 3.88. The Morgan fingerprint density at radius 3 is 2.94 bits per heavy atom. The number of aryl methyl sites for hydroxylation is 1. The molecule has 1 rings (SSSR count). The summed E-state index contributed by atoms with van der Waals surface area (Å²) in [6.07, 6.45) is 6.49. The summed E-state index contributed by atoms with van der Waals surface area (Å²) in [5.74, 6) is 3.33. The van der Waals surface area contributed by atoms with Gasteiger partial charge in [-0.05, 0) is 26.0 Å². The van der Waals surface area contributed by atoms with Crippen LogP contribution in [0.5, 0.6) is 5.75 Å². The molecule has 1 aromatic heterocycles. The number of aromatic nitrogens is 1. The van der Waals surface area contributed by atoms with Crippen molar-refractivity contribution < 1.29 is 4.74 Å². The third-order valence-electron chi connectivity index (χ3n) is 2.09. The second kappa shape index (κ2) is 6.14. The number of rotatable bonds is 5. The summed E-state index contributed by atoms with van der Waals surface area (Å²) in [7, 11) is 0. The maximum Gasteiger partial charge on any atom is 0.140 e. The highest BCUT2D eigenvalue weighted by Crippen LogP contribution is 2.18. The lowest BCUT2D eigenvalue weighted by Gasteiger charge is -2.12. The third-order valence-corrected chi connectivity index (χ3v) is 2.09. The third kappa shape index (κ3) is 3.92. The largest absolute Gasteiger partial charge is 0.491 e. The lowest BCUT2D eigenvalue weighted by Crippen LogP contribution is -2.19. The van der Waals surface area contributed by atoms with E-state index < -0.39 is 0 Å². The zero-order valence-corrected chi connectivity index (χ0v) is 9.86. The molecule has 0 fully saturated rings. The van der Waals surface area contributed by atoms with Crippen LogP contribution in [0.15, 0.2) is 12.1 Å². The summed E-state index contributed by atoms with van der Waals surface area (Å²) < 4.78 is 5.57. The SMILES string of the molecule is C#CCCOc1ccc(C)nc1CC(C)N. The van der Waals surface area contributed by atoms with Gasteiger partial charge in [0.1, 0.15) is 5.75 Å². The number of pyridine rings is 1. The van der Waals surface area contributed by atoms with Crippen LogP contribution >= 0.6 is 0 Å². The summed E-state index contributed by atoms with van der Waals surface area (Å²) in [5.41, 5.74) is 7.65. The van der Waals surface area contributed by atoms with Crippen LogP contribution in [0.3, 0.4) is 0 Å². The zero-order chi connectivity index (χ0) is 12.0. The second-order valence-electron chi connectivity index (χ2n) is 3.88. The van der Waals surface area contributed by atoms with Crippen LogP contribution in [0.4, 0.5) is 0 Å². The highest BCUT2D eigenvalue weighted by molar-refractivity contribution is 5.30. The van der Waals surface area contributed by atoms with Gasteiger partial charge in [0.05, 0.1) is 12.3 Å². The molecule has 0 bridgehead atoms. The van der Waals surface area contributed by atoms with Gasteiger partial charge in [0.15, 0.2) is 0 Å². The topological polar surface area (TPSA) is 48.1 Å². The van der Waals surface area contributed by atoms with Crippen LogP contribution in [0, 0.1) is 19.3 Å². The monoisotopic (exact) mass is 218 g/mol. The van der Waals surface area contributed by atoms with E-state index in [1.807, 2.05) is 26.0 Å². The molecule has 1 atom stereocenters. The minimum Gasteiger partial charge on any atom is -0.491 e. The number of hydrogen-bond acceptors (Lipinski definition) is 3. The fraction of sp³-hybridized carbons (Fsp3) is 0.462. The van der Waals surface area contributed by atoms with Crippen LogP contribution < -0.4 is 10.5 Å². The molecule has 2 N–H and O–H groups in total. The molecule has 86 valence electrons. The van der Waals surface area contributed by atoms with E-state index in [0.717, 1.165) is 17.1 Å². The standard InChI is InChI=1S/C13H18N2O/c1-4-5-8-16-13-7-6-11(3)15-12(13)9-10(2)14/h1,6-7,10H,5,8-9,14H2,2-3H3. The van der Waals surface area contributed by atoms with Gasteiger partial charge in [0.2, 0.25) is 0 Å². The predicted octanol–water partition coefficient (Wildman–Crippen LogP) is 1.68. The first kappa shape index (κ1) is 12.5. The van der Waals surface area contributed by atoms with E-state index in [9.17, 15) is 0 Å². The minimum absolute atomic E-state index is 0.0734. The van der Waals surface area contributed by atoms with Crippen molar-refractivity contribution in [3.63, 3.8) is 0 Å². The molecule has 0 spiro atoms. The Bertz CT molecular complexity index is 380. The van der Waals surface area contributed by atoms with E-state index >= 15 is 0 Å². The molecule has 3 heteroatoms. The molecule has 0 aromatic carbocycles. The van der Waals surface area contributed by atoms with Crippen molar-refractivity contribution in [2.24, 2.45) is 5.73 Å². The van der Waals surface area contributed by atoms with E-state index in [2.05, 4.69) is 10.9 Å². The fourth-order valence-corrected chi connectivity index (χ4v) is 1.40. The smallest absolute Gasteiger partial charge is 0.140 e. The quantitative estimate of drug-likeness (QED) is 0.604. The van der Waals surface area contributed by atoms with Crippen molar-refractivity contribution in [1.29, 1.82) is 0 Å². The Labute approximate surface area is 97.0 Å². The summed E-state index contributed by atoms with van der Waals surface area (Å²) in [6.45, 7) is 4.43. The lowest BCUT2D eigenvalue weighted by atomic mass is 10.1. The Morgan fingerprint density at radius 2 is 2.31 bits per heavy atom. The van der Waals surface area contributed by atoms with Crippen molar-refractivity contribution in [2.45, 2.75) is 32.7 Å². The van der Waals surface area contributed by atoms with E-state index in [-0.39, 0.29) is 6.04 Å². The van der Waals surface area contributed by atoms with Crippen molar-refractivity contribution in [3.8, 4) is 18.1 Å². The molecule has 0 saturated heterocycles.